The van der Waals surface area contributed by atoms with Crippen LogP contribution in [0.25, 0.3) is 0 Å². The maximum atomic E-state index is 13.1. The highest BCUT2D eigenvalue weighted by Gasteiger charge is 2.32. The second-order valence-corrected chi connectivity index (χ2v) is 6.17. The average molecular weight is 344 g/mol. The fraction of sp³-hybridized carbons (Fsp3) is 0.389. The highest BCUT2D eigenvalue weighted by atomic mass is 19.1. The standard InChI is InChI=1S/C18H21FN4O2/c1-2-3-14-8-17(23-10-16(25)9-15(23)11-24)22-18(21-14)20-13-6-4-12(19)5-7-13/h4-8,11,15-16,25H,2-3,9-10H2,1H3,(H,20,21,22)/t15-,16+/m0/s1. The molecular formula is C18H21FN4O2. The van der Waals surface area contributed by atoms with E-state index in [-0.39, 0.29) is 5.82 Å². The minimum Gasteiger partial charge on any atom is -0.391 e. The molecule has 0 radical (unpaired) electrons. The van der Waals surface area contributed by atoms with E-state index < -0.39 is 12.1 Å². The van der Waals surface area contributed by atoms with Gasteiger partial charge in [-0.2, -0.15) is 4.98 Å². The van der Waals surface area contributed by atoms with Gasteiger partial charge in [0.15, 0.2) is 0 Å². The van der Waals surface area contributed by atoms with E-state index in [9.17, 15) is 14.3 Å². The van der Waals surface area contributed by atoms with Gasteiger partial charge < -0.3 is 20.1 Å². The molecule has 2 N–H and O–H groups in total. The van der Waals surface area contributed by atoms with E-state index in [2.05, 4.69) is 22.2 Å². The third-order valence-electron chi connectivity index (χ3n) is 4.14. The topological polar surface area (TPSA) is 78.3 Å². The molecule has 1 fully saturated rings. The van der Waals surface area contributed by atoms with Crippen LogP contribution in [0, 0.1) is 5.82 Å². The maximum Gasteiger partial charge on any atom is 0.229 e. The summed E-state index contributed by atoms with van der Waals surface area (Å²) in [7, 11) is 0. The van der Waals surface area contributed by atoms with Crippen molar-refractivity contribution < 1.29 is 14.3 Å². The minimum atomic E-state index is -0.548. The van der Waals surface area contributed by atoms with Crippen LogP contribution >= 0.6 is 0 Å². The van der Waals surface area contributed by atoms with Gasteiger partial charge in [-0.25, -0.2) is 9.37 Å². The number of carbonyl (C=O) groups is 1. The van der Waals surface area contributed by atoms with Crippen molar-refractivity contribution in [1.82, 2.24) is 9.97 Å². The number of aryl methyl sites for hydroxylation is 1. The van der Waals surface area contributed by atoms with Gasteiger partial charge in [-0.15, -0.1) is 0 Å². The Hall–Kier alpha value is -2.54. The molecule has 25 heavy (non-hydrogen) atoms. The molecule has 1 saturated heterocycles. The van der Waals surface area contributed by atoms with Crippen LogP contribution in [-0.2, 0) is 11.2 Å². The number of anilines is 3. The Morgan fingerprint density at radius 2 is 2.12 bits per heavy atom. The summed E-state index contributed by atoms with van der Waals surface area (Å²) in [5.41, 5.74) is 1.53. The number of aliphatic hydroxyl groups excluding tert-OH is 1. The largest absolute Gasteiger partial charge is 0.391 e. The molecular weight excluding hydrogens is 323 g/mol. The Bertz CT molecular complexity index is 738. The number of nitrogens with zero attached hydrogens (tertiary/aromatic N) is 3. The lowest BCUT2D eigenvalue weighted by atomic mass is 10.2. The summed E-state index contributed by atoms with van der Waals surface area (Å²) in [4.78, 5) is 22.1. The molecule has 2 atom stereocenters. The molecule has 6 nitrogen and oxygen atoms in total. The zero-order chi connectivity index (χ0) is 17.8. The Balaban J connectivity index is 1.91. The molecule has 1 aromatic carbocycles. The van der Waals surface area contributed by atoms with Crippen LogP contribution in [0.1, 0.15) is 25.5 Å². The van der Waals surface area contributed by atoms with Gasteiger partial charge in [0.05, 0.1) is 12.1 Å². The first-order valence-corrected chi connectivity index (χ1v) is 8.39. The number of aldehydes is 1. The quantitative estimate of drug-likeness (QED) is 0.784. The van der Waals surface area contributed by atoms with Gasteiger partial charge in [0.2, 0.25) is 5.95 Å². The molecule has 0 spiro atoms. The van der Waals surface area contributed by atoms with E-state index in [0.717, 1.165) is 24.8 Å². The highest BCUT2D eigenvalue weighted by molar-refractivity contribution is 5.67. The molecule has 0 aliphatic carbocycles. The summed E-state index contributed by atoms with van der Waals surface area (Å²) in [6.45, 7) is 2.42. The van der Waals surface area contributed by atoms with E-state index >= 15 is 0 Å². The second kappa shape index (κ2) is 7.57. The molecule has 0 amide bonds. The Labute approximate surface area is 145 Å². The van der Waals surface area contributed by atoms with Gasteiger partial charge in [0.1, 0.15) is 17.9 Å². The fourth-order valence-corrected chi connectivity index (χ4v) is 2.97. The van der Waals surface area contributed by atoms with Crippen molar-refractivity contribution in [3.05, 3.63) is 41.8 Å². The third kappa shape index (κ3) is 4.11. The first kappa shape index (κ1) is 17.3. The molecule has 0 unspecified atom stereocenters. The SMILES string of the molecule is CCCc1cc(N2C[C@H](O)C[C@H]2C=O)nc(Nc2ccc(F)cc2)n1. The number of halogens is 1. The van der Waals surface area contributed by atoms with E-state index in [1.54, 1.807) is 17.0 Å². The number of carbonyl (C=O) groups excluding carboxylic acids is 1. The van der Waals surface area contributed by atoms with Crippen molar-refractivity contribution in [2.75, 3.05) is 16.8 Å². The molecule has 1 aliphatic rings. The van der Waals surface area contributed by atoms with Gasteiger partial charge in [-0.05, 0) is 30.7 Å². The number of nitrogens with one attached hydrogen (secondary N) is 1. The number of aliphatic hydroxyl groups is 1. The smallest absolute Gasteiger partial charge is 0.229 e. The summed E-state index contributed by atoms with van der Waals surface area (Å²) in [6, 6.07) is 7.40. The number of hydrogen-bond acceptors (Lipinski definition) is 6. The predicted molar refractivity (Wildman–Crippen MR) is 93.5 cm³/mol. The molecule has 0 saturated carbocycles. The van der Waals surface area contributed by atoms with Crippen LogP contribution in [0.2, 0.25) is 0 Å². The van der Waals surface area contributed by atoms with E-state index in [1.807, 2.05) is 6.07 Å². The predicted octanol–water partition coefficient (Wildman–Crippen LogP) is 2.45. The monoisotopic (exact) mass is 344 g/mol. The van der Waals surface area contributed by atoms with E-state index in [0.29, 0.717) is 30.4 Å². The second-order valence-electron chi connectivity index (χ2n) is 6.17. The lowest BCUT2D eigenvalue weighted by Crippen LogP contribution is -2.31. The van der Waals surface area contributed by atoms with Crippen LogP contribution in [-0.4, -0.2) is 40.1 Å². The normalized spacial score (nSPS) is 19.9. The third-order valence-corrected chi connectivity index (χ3v) is 4.14. The minimum absolute atomic E-state index is 0.313. The van der Waals surface area contributed by atoms with Crippen LogP contribution in [0.3, 0.4) is 0 Å². The van der Waals surface area contributed by atoms with Crippen molar-refractivity contribution >= 4 is 23.7 Å². The average Bonchev–Trinajstić information content (AvgIpc) is 2.98. The molecule has 1 aliphatic heterocycles. The summed E-state index contributed by atoms with van der Waals surface area (Å²) < 4.78 is 13.1. The molecule has 7 heteroatoms. The molecule has 2 heterocycles. The molecule has 132 valence electrons. The van der Waals surface area contributed by atoms with Crippen molar-refractivity contribution in [1.29, 1.82) is 0 Å². The number of β-amino-alcohol motifs (C(OH)–C–C–N with tert-alkyl or cyclic N) is 1. The molecule has 3 rings (SSSR count). The molecule has 2 aromatic rings. The molecule has 1 aromatic heterocycles. The maximum absolute atomic E-state index is 13.1. The van der Waals surface area contributed by atoms with Crippen molar-refractivity contribution in [2.45, 2.75) is 38.3 Å². The molecule has 0 bridgehead atoms. The van der Waals surface area contributed by atoms with Gasteiger partial charge in [0.25, 0.3) is 0 Å². The van der Waals surface area contributed by atoms with Crippen LogP contribution in [0.15, 0.2) is 30.3 Å². The van der Waals surface area contributed by atoms with Crippen molar-refractivity contribution in [3.8, 4) is 0 Å². The van der Waals surface area contributed by atoms with E-state index in [4.69, 9.17) is 0 Å². The van der Waals surface area contributed by atoms with Gasteiger partial charge in [-0.1, -0.05) is 13.3 Å². The summed E-state index contributed by atoms with van der Waals surface area (Å²) in [5.74, 6) is 0.682. The number of aromatic nitrogens is 2. The highest BCUT2D eigenvalue weighted by Crippen LogP contribution is 2.26. The van der Waals surface area contributed by atoms with Gasteiger partial charge in [0, 0.05) is 30.4 Å². The van der Waals surface area contributed by atoms with Crippen LogP contribution in [0.4, 0.5) is 21.8 Å². The number of rotatable bonds is 6. The van der Waals surface area contributed by atoms with Crippen molar-refractivity contribution in [2.24, 2.45) is 0 Å². The van der Waals surface area contributed by atoms with Gasteiger partial charge >= 0.3 is 0 Å². The number of hydrogen-bond donors (Lipinski definition) is 2. The number of benzene rings is 1. The Morgan fingerprint density at radius 3 is 2.80 bits per heavy atom. The van der Waals surface area contributed by atoms with Crippen LogP contribution in [0.5, 0.6) is 0 Å². The Kier molecular flexibility index (Phi) is 5.23. The lowest BCUT2D eigenvalue weighted by molar-refractivity contribution is -0.108. The summed E-state index contributed by atoms with van der Waals surface area (Å²) in [6.07, 6.45) is 2.39. The first-order chi connectivity index (χ1) is 12.1. The van der Waals surface area contributed by atoms with Crippen molar-refractivity contribution in [3.63, 3.8) is 0 Å². The lowest BCUT2D eigenvalue weighted by Gasteiger charge is -2.22. The van der Waals surface area contributed by atoms with E-state index in [1.165, 1.54) is 12.1 Å². The zero-order valence-corrected chi connectivity index (χ0v) is 14.0. The van der Waals surface area contributed by atoms with Gasteiger partial charge in [-0.3, -0.25) is 0 Å². The first-order valence-electron chi connectivity index (χ1n) is 8.39. The summed E-state index contributed by atoms with van der Waals surface area (Å²) >= 11 is 0. The van der Waals surface area contributed by atoms with Crippen LogP contribution < -0.4 is 10.2 Å². The zero-order valence-electron chi connectivity index (χ0n) is 14.0. The fourth-order valence-electron chi connectivity index (χ4n) is 2.97. The Morgan fingerprint density at radius 1 is 1.36 bits per heavy atom. The summed E-state index contributed by atoms with van der Waals surface area (Å²) in [5, 5.41) is 12.9.